The average molecular weight is 291 g/mol. The van der Waals surface area contributed by atoms with Gasteiger partial charge < -0.3 is 5.11 Å². The molecule has 1 aromatic carbocycles. The topological polar surface area (TPSA) is 66.0 Å². The summed E-state index contributed by atoms with van der Waals surface area (Å²) in [6, 6.07) is 6.81. The summed E-state index contributed by atoms with van der Waals surface area (Å²) in [5.41, 5.74) is 2.35. The van der Waals surface area contributed by atoms with Crippen LogP contribution in [0.25, 0.3) is 11.3 Å². The highest BCUT2D eigenvalue weighted by Crippen LogP contribution is 2.36. The van der Waals surface area contributed by atoms with Crippen molar-refractivity contribution in [2.24, 2.45) is 0 Å². The van der Waals surface area contributed by atoms with E-state index in [2.05, 4.69) is 10.2 Å². The van der Waals surface area contributed by atoms with Gasteiger partial charge in [0.2, 0.25) is 0 Å². The van der Waals surface area contributed by atoms with Crippen LogP contribution in [0.15, 0.2) is 24.3 Å². The van der Waals surface area contributed by atoms with Crippen molar-refractivity contribution in [3.05, 3.63) is 40.5 Å². The van der Waals surface area contributed by atoms with Gasteiger partial charge in [-0.1, -0.05) is 30.5 Å². The van der Waals surface area contributed by atoms with Crippen molar-refractivity contribution in [2.45, 2.75) is 31.6 Å². The Balaban J connectivity index is 2.03. The molecule has 0 atom stereocenters. The fourth-order valence-electron chi connectivity index (χ4n) is 2.87. The average Bonchev–Trinajstić information content (AvgIpc) is 3.09. The zero-order valence-corrected chi connectivity index (χ0v) is 11.7. The number of rotatable bonds is 3. The summed E-state index contributed by atoms with van der Waals surface area (Å²) in [7, 11) is 0. The molecule has 1 fully saturated rings. The van der Waals surface area contributed by atoms with Crippen LogP contribution in [0.4, 0.5) is 0 Å². The first kappa shape index (κ1) is 13.2. The Hall–Kier alpha value is -1.81. The number of carboxylic acids is 1. The molecule has 5 heteroatoms. The molecule has 104 valence electrons. The number of hydrogen-bond acceptors (Lipinski definition) is 2. The highest BCUT2D eigenvalue weighted by Gasteiger charge is 2.22. The molecule has 0 unspecified atom stereocenters. The Morgan fingerprint density at radius 3 is 2.80 bits per heavy atom. The third-order valence-electron chi connectivity index (χ3n) is 3.89. The highest BCUT2D eigenvalue weighted by molar-refractivity contribution is 6.34. The van der Waals surface area contributed by atoms with E-state index >= 15 is 0 Å². The van der Waals surface area contributed by atoms with Crippen molar-refractivity contribution in [3.8, 4) is 11.3 Å². The first-order valence-corrected chi connectivity index (χ1v) is 7.12. The monoisotopic (exact) mass is 290 g/mol. The van der Waals surface area contributed by atoms with Crippen molar-refractivity contribution < 1.29 is 9.90 Å². The molecule has 2 N–H and O–H groups in total. The van der Waals surface area contributed by atoms with Gasteiger partial charge in [-0.05, 0) is 31.0 Å². The van der Waals surface area contributed by atoms with Crippen LogP contribution in [-0.2, 0) is 0 Å². The fourth-order valence-corrected chi connectivity index (χ4v) is 3.14. The molecule has 20 heavy (non-hydrogen) atoms. The minimum atomic E-state index is -0.993. The number of benzene rings is 1. The lowest BCUT2D eigenvalue weighted by atomic mass is 10.0. The van der Waals surface area contributed by atoms with Gasteiger partial charge in [-0.3, -0.25) is 5.10 Å². The van der Waals surface area contributed by atoms with E-state index in [1.807, 2.05) is 6.07 Å². The summed E-state index contributed by atoms with van der Waals surface area (Å²) in [4.78, 5) is 11.3. The van der Waals surface area contributed by atoms with Gasteiger partial charge >= 0.3 is 5.97 Å². The van der Waals surface area contributed by atoms with E-state index in [9.17, 15) is 9.90 Å². The molecule has 0 radical (unpaired) electrons. The first-order chi connectivity index (χ1) is 9.66. The summed E-state index contributed by atoms with van der Waals surface area (Å²) >= 11 is 6.16. The van der Waals surface area contributed by atoms with E-state index in [0.717, 1.165) is 18.5 Å². The molecule has 4 nitrogen and oxygen atoms in total. The highest BCUT2D eigenvalue weighted by atomic mass is 35.5. The van der Waals surface area contributed by atoms with Gasteiger partial charge in [-0.25, -0.2) is 4.79 Å². The Morgan fingerprint density at radius 2 is 2.10 bits per heavy atom. The van der Waals surface area contributed by atoms with Crippen molar-refractivity contribution >= 4 is 17.6 Å². The largest absolute Gasteiger partial charge is 0.478 e. The molecule has 1 aromatic heterocycles. The number of carboxylic acid groups (broad SMARTS) is 1. The number of carbonyl (C=O) groups is 1. The van der Waals surface area contributed by atoms with Gasteiger partial charge in [-0.15, -0.1) is 0 Å². The number of aromatic amines is 1. The second kappa shape index (κ2) is 5.29. The Bertz CT molecular complexity index is 645. The molecule has 1 aliphatic carbocycles. The first-order valence-electron chi connectivity index (χ1n) is 6.74. The molecule has 1 aliphatic rings. The smallest absolute Gasteiger partial charge is 0.336 e. The summed E-state index contributed by atoms with van der Waals surface area (Å²) in [6.45, 7) is 0. The van der Waals surface area contributed by atoms with E-state index in [1.165, 1.54) is 12.8 Å². The van der Waals surface area contributed by atoms with Crippen LogP contribution < -0.4 is 0 Å². The molecule has 0 saturated heterocycles. The van der Waals surface area contributed by atoms with Crippen LogP contribution in [0.5, 0.6) is 0 Å². The Morgan fingerprint density at radius 1 is 1.35 bits per heavy atom. The quantitative estimate of drug-likeness (QED) is 0.895. The van der Waals surface area contributed by atoms with Crippen LogP contribution in [0.3, 0.4) is 0 Å². The fraction of sp³-hybridized carbons (Fsp3) is 0.333. The standard InChI is InChI=1S/C15H15ClN2O2/c16-11-7-3-6-10(15(19)20)14(11)13-8-12(17-18-13)9-4-1-2-5-9/h3,6-9H,1-2,4-5H2,(H,17,18)(H,19,20). The van der Waals surface area contributed by atoms with E-state index in [-0.39, 0.29) is 5.56 Å². The molecule has 0 amide bonds. The molecule has 0 spiro atoms. The zero-order chi connectivity index (χ0) is 14.1. The molecular formula is C15H15ClN2O2. The third-order valence-corrected chi connectivity index (χ3v) is 4.21. The van der Waals surface area contributed by atoms with Crippen molar-refractivity contribution in [3.63, 3.8) is 0 Å². The summed E-state index contributed by atoms with van der Waals surface area (Å²) in [5, 5.41) is 17.0. The number of halogens is 1. The molecule has 0 aliphatic heterocycles. The summed E-state index contributed by atoms with van der Waals surface area (Å²) in [6.07, 6.45) is 4.81. The van der Waals surface area contributed by atoms with Crippen LogP contribution in [0.2, 0.25) is 5.02 Å². The second-order valence-corrected chi connectivity index (χ2v) is 5.56. The van der Waals surface area contributed by atoms with E-state index in [0.29, 0.717) is 22.2 Å². The maximum Gasteiger partial charge on any atom is 0.336 e. The van der Waals surface area contributed by atoms with Crippen molar-refractivity contribution in [1.82, 2.24) is 10.2 Å². The van der Waals surface area contributed by atoms with Crippen LogP contribution >= 0.6 is 11.6 Å². The molecule has 3 rings (SSSR count). The number of H-pyrrole nitrogens is 1. The van der Waals surface area contributed by atoms with Crippen molar-refractivity contribution in [1.29, 1.82) is 0 Å². The Kier molecular flexibility index (Phi) is 3.49. The number of nitrogens with zero attached hydrogens (tertiary/aromatic N) is 1. The molecule has 1 saturated carbocycles. The molecular weight excluding hydrogens is 276 g/mol. The number of aromatic carboxylic acids is 1. The van der Waals surface area contributed by atoms with Crippen LogP contribution in [0.1, 0.15) is 47.7 Å². The number of aromatic nitrogens is 2. The minimum absolute atomic E-state index is 0.182. The number of hydrogen-bond donors (Lipinski definition) is 2. The van der Waals surface area contributed by atoms with Crippen molar-refractivity contribution in [2.75, 3.05) is 0 Å². The van der Waals surface area contributed by atoms with Gasteiger partial charge in [0.05, 0.1) is 16.3 Å². The lowest BCUT2D eigenvalue weighted by Crippen LogP contribution is -2.00. The van der Waals surface area contributed by atoms with E-state index in [1.54, 1.807) is 18.2 Å². The maximum absolute atomic E-state index is 11.3. The van der Waals surface area contributed by atoms with Crippen LogP contribution in [-0.4, -0.2) is 21.3 Å². The second-order valence-electron chi connectivity index (χ2n) is 5.16. The van der Waals surface area contributed by atoms with E-state index in [4.69, 9.17) is 11.6 Å². The normalized spacial score (nSPS) is 15.7. The van der Waals surface area contributed by atoms with Gasteiger partial charge in [0.15, 0.2) is 0 Å². The SMILES string of the molecule is O=C(O)c1cccc(Cl)c1-c1cc(C2CCCC2)[nH]n1. The van der Waals surface area contributed by atoms with Gasteiger partial charge in [0.1, 0.15) is 0 Å². The lowest BCUT2D eigenvalue weighted by molar-refractivity contribution is 0.0697. The molecule has 0 bridgehead atoms. The zero-order valence-electron chi connectivity index (χ0n) is 10.9. The minimum Gasteiger partial charge on any atom is -0.478 e. The molecule has 1 heterocycles. The van der Waals surface area contributed by atoms with Gasteiger partial charge in [-0.2, -0.15) is 5.10 Å². The van der Waals surface area contributed by atoms with E-state index < -0.39 is 5.97 Å². The Labute approximate surface area is 121 Å². The van der Waals surface area contributed by atoms with Crippen LogP contribution in [0, 0.1) is 0 Å². The lowest BCUT2D eigenvalue weighted by Gasteiger charge is -2.05. The number of nitrogens with one attached hydrogen (secondary N) is 1. The van der Waals surface area contributed by atoms with Gasteiger partial charge in [0.25, 0.3) is 0 Å². The summed E-state index contributed by atoms with van der Waals surface area (Å²) < 4.78 is 0. The maximum atomic E-state index is 11.3. The third kappa shape index (κ3) is 2.31. The van der Waals surface area contributed by atoms with Gasteiger partial charge in [0, 0.05) is 17.2 Å². The predicted octanol–water partition coefficient (Wildman–Crippen LogP) is 4.09. The summed E-state index contributed by atoms with van der Waals surface area (Å²) in [5.74, 6) is -0.486. The predicted molar refractivity (Wildman–Crippen MR) is 77.2 cm³/mol. The molecule has 2 aromatic rings.